The van der Waals surface area contributed by atoms with E-state index < -0.39 is 6.10 Å². The molecule has 1 unspecified atom stereocenters. The number of likely N-dealkylation sites (tertiary alicyclic amines) is 1. The summed E-state index contributed by atoms with van der Waals surface area (Å²) < 4.78 is 10.9. The van der Waals surface area contributed by atoms with Crippen LogP contribution < -0.4 is 14.8 Å². The fourth-order valence-electron chi connectivity index (χ4n) is 2.78. The van der Waals surface area contributed by atoms with E-state index >= 15 is 0 Å². The summed E-state index contributed by atoms with van der Waals surface area (Å²) in [5.74, 6) is 1.42. The van der Waals surface area contributed by atoms with Crippen molar-refractivity contribution in [1.29, 1.82) is 0 Å². The van der Waals surface area contributed by atoms with Crippen LogP contribution in [0.3, 0.4) is 0 Å². The van der Waals surface area contributed by atoms with Gasteiger partial charge in [0, 0.05) is 6.54 Å². The lowest BCUT2D eigenvalue weighted by molar-refractivity contribution is -0.128. The molecule has 23 heavy (non-hydrogen) atoms. The summed E-state index contributed by atoms with van der Waals surface area (Å²) in [6, 6.07) is 7.30. The van der Waals surface area contributed by atoms with Crippen LogP contribution in [-0.4, -0.2) is 50.2 Å². The molecule has 1 amide bonds. The third-order valence-corrected chi connectivity index (χ3v) is 4.15. The van der Waals surface area contributed by atoms with E-state index in [0.29, 0.717) is 18.7 Å². The number of hydrogen-bond donors (Lipinski definition) is 1. The fraction of sp³-hybridized carbons (Fsp3) is 0.611. The molecule has 1 heterocycles. The zero-order valence-corrected chi connectivity index (χ0v) is 14.2. The molecular weight excluding hydrogens is 292 g/mol. The summed E-state index contributed by atoms with van der Waals surface area (Å²) >= 11 is 0. The van der Waals surface area contributed by atoms with Crippen LogP contribution >= 0.6 is 0 Å². The minimum atomic E-state index is -0.449. The molecule has 0 aromatic heterocycles. The molecule has 1 aliphatic heterocycles. The Labute approximate surface area is 139 Å². The highest BCUT2D eigenvalue weighted by atomic mass is 16.5. The van der Waals surface area contributed by atoms with Gasteiger partial charge in [-0.25, -0.2) is 0 Å². The van der Waals surface area contributed by atoms with Crippen molar-refractivity contribution in [3.8, 4) is 11.5 Å². The van der Waals surface area contributed by atoms with Crippen molar-refractivity contribution < 1.29 is 14.3 Å². The molecule has 5 heteroatoms. The van der Waals surface area contributed by atoms with Crippen LogP contribution in [0.15, 0.2) is 24.3 Å². The number of carbonyl (C=O) groups excluding carboxylic acids is 1. The van der Waals surface area contributed by atoms with Gasteiger partial charge in [-0.1, -0.05) is 6.92 Å². The van der Waals surface area contributed by atoms with Crippen LogP contribution in [-0.2, 0) is 4.79 Å². The van der Waals surface area contributed by atoms with Crippen molar-refractivity contribution in [2.24, 2.45) is 0 Å². The van der Waals surface area contributed by atoms with Crippen LogP contribution in [0.5, 0.6) is 11.5 Å². The summed E-state index contributed by atoms with van der Waals surface area (Å²) in [6.07, 6.45) is 3.80. The maximum Gasteiger partial charge on any atom is 0.261 e. The number of rotatable bonds is 9. The molecule has 1 atom stereocenters. The molecule has 0 radical (unpaired) electrons. The van der Waals surface area contributed by atoms with E-state index in [2.05, 4.69) is 10.2 Å². The molecule has 2 rings (SSSR count). The summed E-state index contributed by atoms with van der Waals surface area (Å²) in [7, 11) is 1.63. The van der Waals surface area contributed by atoms with Gasteiger partial charge in [-0.3, -0.25) is 4.79 Å². The number of methoxy groups -OCH3 is 1. The highest BCUT2D eigenvalue weighted by molar-refractivity contribution is 5.81. The molecule has 0 spiro atoms. The number of carbonyl (C=O) groups is 1. The third kappa shape index (κ3) is 5.75. The number of nitrogens with one attached hydrogen (secondary N) is 1. The first-order chi connectivity index (χ1) is 11.2. The average molecular weight is 320 g/mol. The molecule has 1 aromatic carbocycles. The molecule has 1 aromatic rings. The molecule has 1 aliphatic rings. The Morgan fingerprint density at radius 1 is 1.22 bits per heavy atom. The minimum Gasteiger partial charge on any atom is -0.497 e. The Kier molecular flexibility index (Phi) is 7.20. The molecule has 128 valence electrons. The number of nitrogens with zero attached hydrogens (tertiary/aromatic N) is 1. The van der Waals surface area contributed by atoms with Gasteiger partial charge in [0.25, 0.3) is 5.91 Å². The highest BCUT2D eigenvalue weighted by Gasteiger charge is 2.18. The number of hydrogen-bond acceptors (Lipinski definition) is 4. The molecule has 1 saturated heterocycles. The Balaban J connectivity index is 1.71. The second-order valence-corrected chi connectivity index (χ2v) is 5.88. The number of amides is 1. The van der Waals surface area contributed by atoms with Crippen molar-refractivity contribution >= 4 is 5.91 Å². The number of benzene rings is 1. The molecule has 5 nitrogen and oxygen atoms in total. The van der Waals surface area contributed by atoms with Gasteiger partial charge in [-0.2, -0.15) is 0 Å². The van der Waals surface area contributed by atoms with Gasteiger partial charge < -0.3 is 19.7 Å². The van der Waals surface area contributed by atoms with E-state index in [1.807, 2.05) is 31.2 Å². The predicted octanol–water partition coefficient (Wildman–Crippen LogP) is 2.45. The van der Waals surface area contributed by atoms with E-state index in [-0.39, 0.29) is 5.91 Å². The van der Waals surface area contributed by atoms with Gasteiger partial charge in [0.15, 0.2) is 6.10 Å². The third-order valence-electron chi connectivity index (χ3n) is 4.15. The maximum absolute atomic E-state index is 12.2. The maximum atomic E-state index is 12.2. The van der Waals surface area contributed by atoms with Crippen LogP contribution in [0.4, 0.5) is 0 Å². The summed E-state index contributed by atoms with van der Waals surface area (Å²) in [5.41, 5.74) is 0. The standard InChI is InChI=1S/C18H28N2O3/c1-3-17(23-16-9-7-15(22-2)8-10-16)18(21)19-11-6-14-20-12-4-5-13-20/h7-10,17H,3-6,11-14H2,1-2H3,(H,19,21). The lowest BCUT2D eigenvalue weighted by atomic mass is 10.2. The first-order valence-corrected chi connectivity index (χ1v) is 8.53. The second-order valence-electron chi connectivity index (χ2n) is 5.88. The van der Waals surface area contributed by atoms with Crippen LogP contribution in [0.2, 0.25) is 0 Å². The van der Waals surface area contributed by atoms with Crippen molar-refractivity contribution in [2.45, 2.75) is 38.7 Å². The quantitative estimate of drug-likeness (QED) is 0.710. The Bertz CT molecular complexity index is 470. The fourth-order valence-corrected chi connectivity index (χ4v) is 2.78. The van der Waals surface area contributed by atoms with Crippen molar-refractivity contribution in [3.63, 3.8) is 0 Å². The smallest absolute Gasteiger partial charge is 0.261 e. The first kappa shape index (κ1) is 17.6. The Morgan fingerprint density at radius 2 is 1.87 bits per heavy atom. The zero-order chi connectivity index (χ0) is 16.5. The lowest BCUT2D eigenvalue weighted by Crippen LogP contribution is -2.39. The van der Waals surface area contributed by atoms with Crippen molar-refractivity contribution in [2.75, 3.05) is 33.3 Å². The molecular formula is C18H28N2O3. The van der Waals surface area contributed by atoms with E-state index in [4.69, 9.17) is 9.47 Å². The summed E-state index contributed by atoms with van der Waals surface area (Å²) in [5, 5.41) is 2.99. The topological polar surface area (TPSA) is 50.8 Å². The van der Waals surface area contributed by atoms with Gasteiger partial charge >= 0.3 is 0 Å². The van der Waals surface area contributed by atoms with Gasteiger partial charge in [0.1, 0.15) is 11.5 Å². The number of ether oxygens (including phenoxy) is 2. The summed E-state index contributed by atoms with van der Waals surface area (Å²) in [6.45, 7) is 6.13. The van der Waals surface area contributed by atoms with E-state index in [1.54, 1.807) is 7.11 Å². The predicted molar refractivity (Wildman–Crippen MR) is 91.0 cm³/mol. The first-order valence-electron chi connectivity index (χ1n) is 8.53. The monoisotopic (exact) mass is 320 g/mol. The van der Waals surface area contributed by atoms with Crippen molar-refractivity contribution in [1.82, 2.24) is 10.2 Å². The normalized spacial score (nSPS) is 16.1. The Hall–Kier alpha value is -1.75. The van der Waals surface area contributed by atoms with Crippen LogP contribution in [0, 0.1) is 0 Å². The average Bonchev–Trinajstić information content (AvgIpc) is 3.10. The van der Waals surface area contributed by atoms with E-state index in [1.165, 1.54) is 25.9 Å². The SMILES string of the molecule is CCC(Oc1ccc(OC)cc1)C(=O)NCCCN1CCCC1. The molecule has 0 saturated carbocycles. The van der Waals surface area contributed by atoms with E-state index in [9.17, 15) is 4.79 Å². The second kappa shape index (κ2) is 9.40. The molecule has 0 bridgehead atoms. The summed E-state index contributed by atoms with van der Waals surface area (Å²) in [4.78, 5) is 14.7. The molecule has 1 fully saturated rings. The van der Waals surface area contributed by atoms with Crippen molar-refractivity contribution in [3.05, 3.63) is 24.3 Å². The lowest BCUT2D eigenvalue weighted by Gasteiger charge is -2.18. The molecule has 1 N–H and O–H groups in total. The Morgan fingerprint density at radius 3 is 2.48 bits per heavy atom. The van der Waals surface area contributed by atoms with Gasteiger partial charge in [0.05, 0.1) is 7.11 Å². The van der Waals surface area contributed by atoms with Gasteiger partial charge in [-0.15, -0.1) is 0 Å². The minimum absolute atomic E-state index is 0.0373. The van der Waals surface area contributed by atoms with Crippen LogP contribution in [0.1, 0.15) is 32.6 Å². The van der Waals surface area contributed by atoms with Crippen LogP contribution in [0.25, 0.3) is 0 Å². The highest BCUT2D eigenvalue weighted by Crippen LogP contribution is 2.19. The van der Waals surface area contributed by atoms with Gasteiger partial charge in [0.2, 0.25) is 0 Å². The van der Waals surface area contributed by atoms with Gasteiger partial charge in [-0.05, 0) is 69.6 Å². The van der Waals surface area contributed by atoms with E-state index in [0.717, 1.165) is 18.7 Å². The molecule has 0 aliphatic carbocycles. The zero-order valence-electron chi connectivity index (χ0n) is 14.2. The largest absolute Gasteiger partial charge is 0.497 e.